The molecule has 1 aliphatic heterocycles. The van der Waals surface area contributed by atoms with Crippen LogP contribution in [0.2, 0.25) is 0 Å². The molecule has 0 aliphatic carbocycles. The molecule has 0 radical (unpaired) electrons. The highest BCUT2D eigenvalue weighted by atomic mass is 32.2. The van der Waals surface area contributed by atoms with Crippen molar-refractivity contribution in [2.45, 2.75) is 43.3 Å². The molecular weight excluding hydrogens is 264 g/mol. The molecule has 2 rings (SSSR count). The number of likely N-dealkylation sites (tertiary alicyclic amines) is 1. The number of sulfonamides is 1. The van der Waals surface area contributed by atoms with Crippen LogP contribution in [0.3, 0.4) is 0 Å². The number of nitrogens with two attached hydrogens (primary N) is 1. The first-order valence-electron chi connectivity index (χ1n) is 6.52. The average Bonchev–Trinajstić information content (AvgIpc) is 2.83. The Hall–Kier alpha value is -0.890. The van der Waals surface area contributed by atoms with Gasteiger partial charge < -0.3 is 15.6 Å². The number of aromatic amines is 1. The summed E-state index contributed by atoms with van der Waals surface area (Å²) < 4.78 is 27.2. The van der Waals surface area contributed by atoms with Gasteiger partial charge in [-0.25, -0.2) is 13.1 Å². The van der Waals surface area contributed by atoms with Crippen molar-refractivity contribution >= 4 is 10.0 Å². The Morgan fingerprint density at radius 2 is 2.32 bits per heavy atom. The van der Waals surface area contributed by atoms with Crippen LogP contribution in [0.5, 0.6) is 0 Å². The van der Waals surface area contributed by atoms with Gasteiger partial charge in [-0.15, -0.1) is 0 Å². The van der Waals surface area contributed by atoms with E-state index in [1.54, 1.807) is 6.07 Å². The molecule has 4 N–H and O–H groups in total. The molecule has 1 aliphatic rings. The van der Waals surface area contributed by atoms with Gasteiger partial charge in [-0.05, 0) is 39.4 Å². The average molecular weight is 286 g/mol. The molecule has 1 saturated heterocycles. The van der Waals surface area contributed by atoms with Crippen molar-refractivity contribution in [1.29, 1.82) is 0 Å². The molecule has 1 fully saturated rings. The molecule has 6 nitrogen and oxygen atoms in total. The second kappa shape index (κ2) is 5.62. The van der Waals surface area contributed by atoms with Crippen molar-refractivity contribution in [3.63, 3.8) is 0 Å². The number of piperidine rings is 1. The van der Waals surface area contributed by atoms with Gasteiger partial charge in [0.15, 0.2) is 0 Å². The summed E-state index contributed by atoms with van der Waals surface area (Å²) in [5.74, 6) is 0. The number of H-pyrrole nitrogens is 1. The van der Waals surface area contributed by atoms with Crippen LogP contribution in [-0.4, -0.2) is 44.0 Å². The van der Waals surface area contributed by atoms with Crippen molar-refractivity contribution in [1.82, 2.24) is 14.6 Å². The zero-order valence-electron chi connectivity index (χ0n) is 11.4. The third kappa shape index (κ3) is 3.36. The summed E-state index contributed by atoms with van der Waals surface area (Å²) in [6.07, 6.45) is 3.17. The van der Waals surface area contributed by atoms with Gasteiger partial charge in [-0.3, -0.25) is 0 Å². The molecule has 0 bridgehead atoms. The van der Waals surface area contributed by atoms with E-state index in [9.17, 15) is 8.42 Å². The monoisotopic (exact) mass is 286 g/mol. The van der Waals surface area contributed by atoms with E-state index >= 15 is 0 Å². The topological polar surface area (TPSA) is 91.2 Å². The number of nitrogens with zero attached hydrogens (tertiary/aromatic N) is 1. The van der Waals surface area contributed by atoms with E-state index in [-0.39, 0.29) is 10.9 Å². The summed E-state index contributed by atoms with van der Waals surface area (Å²) in [6, 6.07) is 1.99. The Morgan fingerprint density at radius 1 is 1.58 bits per heavy atom. The maximum atomic E-state index is 12.2. The lowest BCUT2D eigenvalue weighted by Crippen LogP contribution is -2.47. The number of hydrogen-bond acceptors (Lipinski definition) is 4. The van der Waals surface area contributed by atoms with Crippen LogP contribution < -0.4 is 10.5 Å². The largest absolute Gasteiger partial charge is 0.363 e. The van der Waals surface area contributed by atoms with Gasteiger partial charge in [0.1, 0.15) is 0 Å². The third-order valence-corrected chi connectivity index (χ3v) is 5.28. The first-order valence-corrected chi connectivity index (χ1v) is 8.00. The number of rotatable bonds is 4. The van der Waals surface area contributed by atoms with Crippen LogP contribution in [-0.2, 0) is 16.6 Å². The minimum absolute atomic E-state index is 0.00688. The van der Waals surface area contributed by atoms with Gasteiger partial charge in [0, 0.05) is 30.5 Å². The number of hydrogen-bond donors (Lipinski definition) is 3. The highest BCUT2D eigenvalue weighted by Gasteiger charge is 2.27. The molecule has 0 spiro atoms. The van der Waals surface area contributed by atoms with E-state index in [2.05, 4.69) is 28.6 Å². The fourth-order valence-electron chi connectivity index (χ4n) is 2.38. The SMILES string of the molecule is CC1CC(NS(=O)(=O)c2c[nH]c(CN)c2)CCN1C. The summed E-state index contributed by atoms with van der Waals surface area (Å²) in [7, 11) is -1.38. The van der Waals surface area contributed by atoms with Crippen LogP contribution >= 0.6 is 0 Å². The Kier molecular flexibility index (Phi) is 4.29. The fourth-order valence-corrected chi connectivity index (χ4v) is 3.68. The van der Waals surface area contributed by atoms with E-state index in [0.717, 1.165) is 25.1 Å². The van der Waals surface area contributed by atoms with Gasteiger partial charge in [0.2, 0.25) is 10.0 Å². The van der Waals surface area contributed by atoms with Gasteiger partial charge >= 0.3 is 0 Å². The molecule has 19 heavy (non-hydrogen) atoms. The minimum atomic E-state index is -3.45. The normalized spacial score (nSPS) is 25.6. The highest BCUT2D eigenvalue weighted by molar-refractivity contribution is 7.89. The van der Waals surface area contributed by atoms with Crippen molar-refractivity contribution in [2.75, 3.05) is 13.6 Å². The molecule has 1 aromatic heterocycles. The van der Waals surface area contributed by atoms with E-state index < -0.39 is 10.0 Å². The minimum Gasteiger partial charge on any atom is -0.363 e. The summed E-state index contributed by atoms with van der Waals surface area (Å²) in [4.78, 5) is 5.37. The molecule has 2 unspecified atom stereocenters. The van der Waals surface area contributed by atoms with Crippen LogP contribution in [0, 0.1) is 0 Å². The van der Waals surface area contributed by atoms with Gasteiger partial charge in [0.05, 0.1) is 4.90 Å². The molecular formula is C12H22N4O2S. The molecule has 2 heterocycles. The zero-order chi connectivity index (χ0) is 14.0. The van der Waals surface area contributed by atoms with E-state index in [1.165, 1.54) is 6.20 Å². The number of nitrogens with one attached hydrogen (secondary N) is 2. The molecule has 0 amide bonds. The van der Waals surface area contributed by atoms with Crippen molar-refractivity contribution < 1.29 is 8.42 Å². The maximum absolute atomic E-state index is 12.2. The lowest BCUT2D eigenvalue weighted by Gasteiger charge is -2.35. The second-order valence-electron chi connectivity index (χ2n) is 5.24. The van der Waals surface area contributed by atoms with Gasteiger partial charge in [-0.2, -0.15) is 0 Å². The molecule has 2 atom stereocenters. The van der Waals surface area contributed by atoms with Crippen LogP contribution in [0.15, 0.2) is 17.2 Å². The Morgan fingerprint density at radius 3 is 2.89 bits per heavy atom. The fraction of sp³-hybridized carbons (Fsp3) is 0.667. The Labute approximate surface area is 114 Å². The summed E-state index contributed by atoms with van der Waals surface area (Å²) in [5, 5.41) is 0. The molecule has 0 aromatic carbocycles. The van der Waals surface area contributed by atoms with Crippen molar-refractivity contribution in [2.24, 2.45) is 5.73 Å². The van der Waals surface area contributed by atoms with Crippen molar-refractivity contribution in [3.8, 4) is 0 Å². The molecule has 1 aromatic rings. The van der Waals surface area contributed by atoms with Crippen LogP contribution in [0.4, 0.5) is 0 Å². The summed E-state index contributed by atoms with van der Waals surface area (Å²) in [6.45, 7) is 3.33. The predicted octanol–water partition coefficient (Wildman–Crippen LogP) is 0.234. The Bertz CT molecular complexity index is 526. The first-order chi connectivity index (χ1) is 8.92. The lowest BCUT2D eigenvalue weighted by molar-refractivity contribution is 0.178. The molecule has 0 saturated carbocycles. The van der Waals surface area contributed by atoms with Gasteiger partial charge in [0.25, 0.3) is 0 Å². The standard InChI is InChI=1S/C12H22N4O2S/c1-9-5-10(3-4-16(9)2)15-19(17,18)12-6-11(7-13)14-8-12/h6,8-10,14-15H,3-5,7,13H2,1-2H3. The summed E-state index contributed by atoms with van der Waals surface area (Å²) in [5.41, 5.74) is 6.19. The van der Waals surface area contributed by atoms with E-state index in [1.807, 2.05) is 0 Å². The second-order valence-corrected chi connectivity index (χ2v) is 6.95. The van der Waals surface area contributed by atoms with E-state index in [0.29, 0.717) is 12.6 Å². The molecule has 7 heteroatoms. The molecule has 108 valence electrons. The van der Waals surface area contributed by atoms with Crippen LogP contribution in [0.25, 0.3) is 0 Å². The predicted molar refractivity (Wildman–Crippen MR) is 74.1 cm³/mol. The van der Waals surface area contributed by atoms with Crippen LogP contribution in [0.1, 0.15) is 25.5 Å². The smallest absolute Gasteiger partial charge is 0.242 e. The number of aromatic nitrogens is 1. The quantitative estimate of drug-likeness (QED) is 0.739. The van der Waals surface area contributed by atoms with Crippen molar-refractivity contribution in [3.05, 3.63) is 18.0 Å². The first kappa shape index (κ1) is 14.5. The summed E-state index contributed by atoms with van der Waals surface area (Å²) >= 11 is 0. The van der Waals surface area contributed by atoms with E-state index in [4.69, 9.17) is 5.73 Å². The third-order valence-electron chi connectivity index (χ3n) is 3.78. The highest BCUT2D eigenvalue weighted by Crippen LogP contribution is 2.18. The maximum Gasteiger partial charge on any atom is 0.242 e. The Balaban J connectivity index is 2.05. The lowest BCUT2D eigenvalue weighted by atomic mass is 10.0. The van der Waals surface area contributed by atoms with Gasteiger partial charge in [-0.1, -0.05) is 0 Å². The zero-order valence-corrected chi connectivity index (χ0v) is 12.2.